The first-order chi connectivity index (χ1) is 14.0. The van der Waals surface area contributed by atoms with Crippen molar-refractivity contribution in [2.45, 2.75) is 51.9 Å². The lowest BCUT2D eigenvalue weighted by atomic mass is 9.74. The molecule has 2 unspecified atom stereocenters. The van der Waals surface area contributed by atoms with Gasteiger partial charge in [0.1, 0.15) is 11.5 Å². The fourth-order valence-corrected chi connectivity index (χ4v) is 5.03. The number of hydrogen-bond acceptors (Lipinski definition) is 6. The van der Waals surface area contributed by atoms with Crippen LogP contribution in [-0.4, -0.2) is 18.4 Å². The first-order valence-corrected chi connectivity index (χ1v) is 10.9. The van der Waals surface area contributed by atoms with E-state index in [2.05, 4.69) is 11.4 Å². The molecule has 6 heteroatoms. The summed E-state index contributed by atoms with van der Waals surface area (Å²) < 4.78 is 11.3. The summed E-state index contributed by atoms with van der Waals surface area (Å²) in [4.78, 5) is 27.4. The van der Waals surface area contributed by atoms with E-state index in [1.165, 1.54) is 4.88 Å². The van der Waals surface area contributed by atoms with Crippen LogP contribution in [0.5, 0.6) is 0 Å². The van der Waals surface area contributed by atoms with Crippen molar-refractivity contribution in [2.75, 3.05) is 6.61 Å². The standard InChI is InChI=1S/C23H25NO4S/c1-4-9-27-23(26)20-14(3)24-16-11-15(19-6-5-10-29-19)12-17(25)21(16)22(20)18-8-7-13(2)28-18/h5-8,10,15,22,24H,4,9,11-12H2,1-3H3. The van der Waals surface area contributed by atoms with Gasteiger partial charge in [0, 0.05) is 34.2 Å². The number of ether oxygens (including phenoxy) is 1. The van der Waals surface area contributed by atoms with Crippen LogP contribution in [0.15, 0.2) is 56.6 Å². The Morgan fingerprint density at radius 2 is 2.10 bits per heavy atom. The van der Waals surface area contributed by atoms with Gasteiger partial charge in [0.15, 0.2) is 5.78 Å². The highest BCUT2D eigenvalue weighted by Gasteiger charge is 2.42. The minimum absolute atomic E-state index is 0.0597. The molecule has 2 aliphatic rings. The summed E-state index contributed by atoms with van der Waals surface area (Å²) in [6.45, 7) is 6.03. The lowest BCUT2D eigenvalue weighted by molar-refractivity contribution is -0.139. The van der Waals surface area contributed by atoms with Gasteiger partial charge in [-0.3, -0.25) is 4.79 Å². The summed E-state index contributed by atoms with van der Waals surface area (Å²) >= 11 is 1.68. The second-order valence-corrected chi connectivity index (χ2v) is 8.60. The van der Waals surface area contributed by atoms with Crippen LogP contribution in [0.1, 0.15) is 61.3 Å². The van der Waals surface area contributed by atoms with E-state index in [-0.39, 0.29) is 11.7 Å². The van der Waals surface area contributed by atoms with Crippen LogP contribution in [0.4, 0.5) is 0 Å². The van der Waals surface area contributed by atoms with Gasteiger partial charge in [0.05, 0.1) is 18.1 Å². The number of allylic oxidation sites excluding steroid dienone is 3. The van der Waals surface area contributed by atoms with Crippen molar-refractivity contribution in [2.24, 2.45) is 0 Å². The summed E-state index contributed by atoms with van der Waals surface area (Å²) in [5, 5.41) is 5.40. The molecule has 0 radical (unpaired) electrons. The predicted molar refractivity (Wildman–Crippen MR) is 112 cm³/mol. The molecule has 2 atom stereocenters. The van der Waals surface area contributed by atoms with Crippen LogP contribution in [0.3, 0.4) is 0 Å². The number of hydrogen-bond donors (Lipinski definition) is 1. The third-order valence-corrected chi connectivity index (χ3v) is 6.51. The molecular formula is C23H25NO4S. The third-order valence-electron chi connectivity index (χ3n) is 5.48. The monoisotopic (exact) mass is 411 g/mol. The minimum atomic E-state index is -0.527. The molecular weight excluding hydrogens is 386 g/mol. The average Bonchev–Trinajstić information content (AvgIpc) is 3.36. The quantitative estimate of drug-likeness (QED) is 0.704. The van der Waals surface area contributed by atoms with E-state index >= 15 is 0 Å². The van der Waals surface area contributed by atoms with Crippen molar-refractivity contribution in [3.63, 3.8) is 0 Å². The van der Waals surface area contributed by atoms with E-state index in [4.69, 9.17) is 9.15 Å². The van der Waals surface area contributed by atoms with Gasteiger partial charge in [0.2, 0.25) is 0 Å². The van der Waals surface area contributed by atoms with Crippen LogP contribution in [0.2, 0.25) is 0 Å². The molecule has 0 amide bonds. The Morgan fingerprint density at radius 1 is 1.28 bits per heavy atom. The Hall–Kier alpha value is -2.60. The highest BCUT2D eigenvalue weighted by atomic mass is 32.1. The van der Waals surface area contributed by atoms with Crippen molar-refractivity contribution in [1.82, 2.24) is 5.32 Å². The third kappa shape index (κ3) is 3.69. The first kappa shape index (κ1) is 19.7. The van der Waals surface area contributed by atoms with Crippen molar-refractivity contribution < 1.29 is 18.7 Å². The number of thiophene rings is 1. The average molecular weight is 412 g/mol. The zero-order valence-electron chi connectivity index (χ0n) is 16.9. The predicted octanol–water partition coefficient (Wildman–Crippen LogP) is 4.96. The maximum Gasteiger partial charge on any atom is 0.336 e. The van der Waals surface area contributed by atoms with Gasteiger partial charge in [-0.15, -0.1) is 11.3 Å². The molecule has 2 aromatic rings. The number of ketones is 1. The van der Waals surface area contributed by atoms with Gasteiger partial charge in [-0.2, -0.15) is 0 Å². The molecule has 0 fully saturated rings. The van der Waals surface area contributed by atoms with Gasteiger partial charge in [-0.05, 0) is 50.3 Å². The van der Waals surface area contributed by atoms with E-state index in [9.17, 15) is 9.59 Å². The Bertz CT molecular complexity index is 996. The number of Topliss-reactive ketones (excluding diaryl/α,β-unsaturated/α-hetero) is 1. The van der Waals surface area contributed by atoms with Crippen LogP contribution < -0.4 is 5.32 Å². The van der Waals surface area contributed by atoms with Crippen LogP contribution >= 0.6 is 11.3 Å². The molecule has 152 valence electrons. The Balaban J connectivity index is 1.77. The Morgan fingerprint density at radius 3 is 2.76 bits per heavy atom. The minimum Gasteiger partial charge on any atom is -0.465 e. The maximum atomic E-state index is 13.3. The van der Waals surface area contributed by atoms with E-state index < -0.39 is 11.9 Å². The summed E-state index contributed by atoms with van der Waals surface area (Å²) in [7, 11) is 0. The number of esters is 1. The molecule has 3 heterocycles. The molecule has 0 saturated carbocycles. The molecule has 29 heavy (non-hydrogen) atoms. The van der Waals surface area contributed by atoms with E-state index in [1.807, 2.05) is 44.4 Å². The molecule has 0 saturated heterocycles. The SMILES string of the molecule is CCCOC(=O)C1=C(C)NC2=C(C(=O)CC(c3cccs3)C2)C1c1ccc(C)o1. The van der Waals surface area contributed by atoms with Crippen molar-refractivity contribution in [3.8, 4) is 0 Å². The zero-order chi connectivity index (χ0) is 20.5. The lowest BCUT2D eigenvalue weighted by Gasteiger charge is -2.35. The smallest absolute Gasteiger partial charge is 0.336 e. The lowest BCUT2D eigenvalue weighted by Crippen LogP contribution is -2.36. The Kier molecular flexibility index (Phi) is 5.46. The topological polar surface area (TPSA) is 68.5 Å². The second kappa shape index (κ2) is 8.03. The van der Waals surface area contributed by atoms with Crippen molar-refractivity contribution >= 4 is 23.1 Å². The van der Waals surface area contributed by atoms with E-state index in [0.29, 0.717) is 29.9 Å². The maximum absolute atomic E-state index is 13.3. The van der Waals surface area contributed by atoms with Crippen molar-refractivity contribution in [1.29, 1.82) is 0 Å². The normalized spacial score (nSPS) is 21.8. The summed E-state index contributed by atoms with van der Waals surface area (Å²) in [6, 6.07) is 7.82. The molecule has 1 aliphatic heterocycles. The molecule has 5 nitrogen and oxygen atoms in total. The van der Waals surface area contributed by atoms with Gasteiger partial charge in [0.25, 0.3) is 0 Å². The number of dihydropyridines is 1. The zero-order valence-corrected chi connectivity index (χ0v) is 17.7. The molecule has 0 spiro atoms. The van der Waals surface area contributed by atoms with Crippen molar-refractivity contribution in [3.05, 3.63) is 68.6 Å². The van der Waals surface area contributed by atoms with Gasteiger partial charge >= 0.3 is 5.97 Å². The summed E-state index contributed by atoms with van der Waals surface area (Å²) in [5.41, 5.74) is 2.72. The van der Waals surface area contributed by atoms with Crippen LogP contribution in [-0.2, 0) is 14.3 Å². The molecule has 4 rings (SSSR count). The van der Waals surface area contributed by atoms with Gasteiger partial charge < -0.3 is 14.5 Å². The number of furan rings is 1. The highest BCUT2D eigenvalue weighted by molar-refractivity contribution is 7.10. The molecule has 2 aromatic heterocycles. The van der Waals surface area contributed by atoms with Gasteiger partial charge in [-0.1, -0.05) is 13.0 Å². The summed E-state index contributed by atoms with van der Waals surface area (Å²) in [6.07, 6.45) is 1.92. The first-order valence-electron chi connectivity index (χ1n) is 10.0. The fraction of sp³-hybridized carbons (Fsp3) is 0.391. The number of carbonyl (C=O) groups is 2. The second-order valence-electron chi connectivity index (χ2n) is 7.62. The van der Waals surface area contributed by atoms with E-state index in [0.717, 1.165) is 30.0 Å². The van der Waals surface area contributed by atoms with Crippen LogP contribution in [0, 0.1) is 6.92 Å². The van der Waals surface area contributed by atoms with Crippen LogP contribution in [0.25, 0.3) is 0 Å². The molecule has 0 bridgehead atoms. The fourth-order valence-electron chi connectivity index (χ4n) is 4.20. The van der Waals surface area contributed by atoms with E-state index in [1.54, 1.807) is 11.3 Å². The number of nitrogens with one attached hydrogen (secondary N) is 1. The molecule has 1 N–H and O–H groups in total. The number of aryl methyl sites for hydroxylation is 1. The Labute approximate surface area is 174 Å². The largest absolute Gasteiger partial charge is 0.465 e. The summed E-state index contributed by atoms with van der Waals surface area (Å²) in [5.74, 6) is 0.664. The molecule has 0 aromatic carbocycles. The number of rotatable bonds is 5. The molecule has 1 aliphatic carbocycles. The number of carbonyl (C=O) groups excluding carboxylic acids is 2. The van der Waals surface area contributed by atoms with Gasteiger partial charge in [-0.25, -0.2) is 4.79 Å². The highest BCUT2D eigenvalue weighted by Crippen LogP contribution is 2.46.